The Balaban J connectivity index is 2.43. The summed E-state index contributed by atoms with van der Waals surface area (Å²) in [7, 11) is 1.32. The molecule has 0 aromatic carbocycles. The third-order valence-corrected chi connectivity index (χ3v) is 3.07. The lowest BCUT2D eigenvalue weighted by Crippen LogP contribution is -2.42. The standard InChI is InChI=1S/C13H23NO6/c1-18-12(16)4-5-14(6-9-19-10-7-15)13(17)11-3-2-8-20-11/h11,15H,2-10H2,1H3. The maximum absolute atomic E-state index is 12.3. The summed E-state index contributed by atoms with van der Waals surface area (Å²) in [5.74, 6) is -0.467. The molecule has 1 N–H and O–H groups in total. The van der Waals surface area contributed by atoms with Gasteiger partial charge in [0.05, 0.1) is 33.4 Å². The summed E-state index contributed by atoms with van der Waals surface area (Å²) in [5.41, 5.74) is 0. The zero-order chi connectivity index (χ0) is 14.8. The number of methoxy groups -OCH3 is 1. The van der Waals surface area contributed by atoms with Crippen LogP contribution in [0.4, 0.5) is 0 Å². The van der Waals surface area contributed by atoms with Gasteiger partial charge in [0, 0.05) is 19.7 Å². The third-order valence-electron chi connectivity index (χ3n) is 3.07. The van der Waals surface area contributed by atoms with Crippen molar-refractivity contribution in [1.82, 2.24) is 4.90 Å². The van der Waals surface area contributed by atoms with Gasteiger partial charge in [-0.1, -0.05) is 0 Å². The van der Waals surface area contributed by atoms with Gasteiger partial charge in [-0.25, -0.2) is 0 Å². The first kappa shape index (κ1) is 16.9. The van der Waals surface area contributed by atoms with Gasteiger partial charge in [0.1, 0.15) is 6.10 Å². The van der Waals surface area contributed by atoms with Crippen LogP contribution in [-0.4, -0.2) is 74.6 Å². The summed E-state index contributed by atoms with van der Waals surface area (Å²) in [6.07, 6.45) is 1.33. The molecule has 1 fully saturated rings. The van der Waals surface area contributed by atoms with Crippen LogP contribution in [0.1, 0.15) is 19.3 Å². The number of aliphatic hydroxyl groups is 1. The second-order valence-corrected chi connectivity index (χ2v) is 4.49. The summed E-state index contributed by atoms with van der Waals surface area (Å²) in [6.45, 7) is 1.76. The Kier molecular flexibility index (Phi) is 8.17. The fourth-order valence-electron chi connectivity index (χ4n) is 1.98. The van der Waals surface area contributed by atoms with Crippen LogP contribution in [-0.2, 0) is 23.8 Å². The predicted molar refractivity (Wildman–Crippen MR) is 70.1 cm³/mol. The van der Waals surface area contributed by atoms with E-state index in [1.54, 1.807) is 4.90 Å². The number of carbonyl (C=O) groups excluding carboxylic acids is 2. The lowest BCUT2D eigenvalue weighted by molar-refractivity contribution is -0.145. The van der Waals surface area contributed by atoms with Crippen molar-refractivity contribution in [3.8, 4) is 0 Å². The van der Waals surface area contributed by atoms with E-state index >= 15 is 0 Å². The average Bonchev–Trinajstić information content (AvgIpc) is 2.99. The van der Waals surface area contributed by atoms with E-state index in [4.69, 9.17) is 14.6 Å². The Morgan fingerprint density at radius 3 is 2.75 bits per heavy atom. The molecule has 0 aromatic heterocycles. The van der Waals surface area contributed by atoms with Crippen LogP contribution in [0.5, 0.6) is 0 Å². The van der Waals surface area contributed by atoms with Crippen molar-refractivity contribution in [2.75, 3.05) is 46.6 Å². The van der Waals surface area contributed by atoms with Crippen LogP contribution in [0.3, 0.4) is 0 Å². The number of ether oxygens (including phenoxy) is 3. The maximum Gasteiger partial charge on any atom is 0.307 e. The van der Waals surface area contributed by atoms with Crippen molar-refractivity contribution in [3.63, 3.8) is 0 Å². The Labute approximate surface area is 118 Å². The molecule has 20 heavy (non-hydrogen) atoms. The van der Waals surface area contributed by atoms with Gasteiger partial charge in [-0.15, -0.1) is 0 Å². The minimum Gasteiger partial charge on any atom is -0.469 e. The van der Waals surface area contributed by atoms with E-state index < -0.39 is 6.10 Å². The SMILES string of the molecule is COC(=O)CCN(CCOCCO)C(=O)C1CCCO1. The predicted octanol–water partition coefficient (Wildman–Crippen LogP) is -0.434. The van der Waals surface area contributed by atoms with Gasteiger partial charge in [0.2, 0.25) is 0 Å². The fourth-order valence-corrected chi connectivity index (χ4v) is 1.98. The molecule has 1 aliphatic rings. The molecule has 1 heterocycles. The molecular formula is C13H23NO6. The Morgan fingerprint density at radius 1 is 1.35 bits per heavy atom. The first-order chi connectivity index (χ1) is 9.69. The summed E-state index contributed by atoms with van der Waals surface area (Å²) in [6, 6.07) is 0. The van der Waals surface area contributed by atoms with Gasteiger partial charge >= 0.3 is 5.97 Å². The van der Waals surface area contributed by atoms with Gasteiger partial charge < -0.3 is 24.2 Å². The van der Waals surface area contributed by atoms with Crippen molar-refractivity contribution in [2.45, 2.75) is 25.4 Å². The highest BCUT2D eigenvalue weighted by atomic mass is 16.5. The average molecular weight is 289 g/mol. The largest absolute Gasteiger partial charge is 0.469 e. The number of rotatable bonds is 9. The number of esters is 1. The second-order valence-electron chi connectivity index (χ2n) is 4.49. The molecule has 1 rings (SSSR count). The lowest BCUT2D eigenvalue weighted by Gasteiger charge is -2.24. The number of hydrogen-bond donors (Lipinski definition) is 1. The minimum atomic E-state index is -0.412. The van der Waals surface area contributed by atoms with Gasteiger partial charge in [-0.05, 0) is 12.8 Å². The maximum atomic E-state index is 12.3. The number of amides is 1. The molecule has 1 unspecified atom stereocenters. The van der Waals surface area contributed by atoms with E-state index in [1.807, 2.05) is 0 Å². The highest BCUT2D eigenvalue weighted by Crippen LogP contribution is 2.15. The Morgan fingerprint density at radius 2 is 2.15 bits per heavy atom. The molecular weight excluding hydrogens is 266 g/mol. The molecule has 116 valence electrons. The number of hydrogen-bond acceptors (Lipinski definition) is 6. The van der Waals surface area contributed by atoms with E-state index in [0.29, 0.717) is 26.2 Å². The van der Waals surface area contributed by atoms with Crippen molar-refractivity contribution >= 4 is 11.9 Å². The molecule has 0 bridgehead atoms. The summed E-state index contributed by atoms with van der Waals surface area (Å²) in [4.78, 5) is 25.0. The molecule has 0 aliphatic carbocycles. The Hall–Kier alpha value is -1.18. The van der Waals surface area contributed by atoms with Crippen LogP contribution in [0.2, 0.25) is 0 Å². The van der Waals surface area contributed by atoms with Crippen molar-refractivity contribution in [3.05, 3.63) is 0 Å². The topological polar surface area (TPSA) is 85.3 Å². The van der Waals surface area contributed by atoms with Gasteiger partial charge in [-0.3, -0.25) is 9.59 Å². The molecule has 0 spiro atoms. The highest BCUT2D eigenvalue weighted by molar-refractivity contribution is 5.81. The van der Waals surface area contributed by atoms with E-state index in [9.17, 15) is 9.59 Å². The molecule has 0 aromatic rings. The first-order valence-corrected chi connectivity index (χ1v) is 6.85. The van der Waals surface area contributed by atoms with Gasteiger partial charge in [-0.2, -0.15) is 0 Å². The van der Waals surface area contributed by atoms with E-state index in [-0.39, 0.29) is 38.1 Å². The molecule has 7 heteroatoms. The van der Waals surface area contributed by atoms with Gasteiger partial charge in [0.15, 0.2) is 0 Å². The highest BCUT2D eigenvalue weighted by Gasteiger charge is 2.28. The number of aliphatic hydroxyl groups excluding tert-OH is 1. The zero-order valence-corrected chi connectivity index (χ0v) is 11.9. The monoisotopic (exact) mass is 289 g/mol. The van der Waals surface area contributed by atoms with Crippen LogP contribution in [0.15, 0.2) is 0 Å². The van der Waals surface area contributed by atoms with Crippen LogP contribution in [0, 0.1) is 0 Å². The second kappa shape index (κ2) is 9.68. The number of nitrogens with zero attached hydrogens (tertiary/aromatic N) is 1. The summed E-state index contributed by atoms with van der Waals surface area (Å²) < 4.78 is 15.1. The summed E-state index contributed by atoms with van der Waals surface area (Å²) >= 11 is 0. The molecule has 7 nitrogen and oxygen atoms in total. The fraction of sp³-hybridized carbons (Fsp3) is 0.846. The van der Waals surface area contributed by atoms with Crippen LogP contribution >= 0.6 is 0 Å². The van der Waals surface area contributed by atoms with Crippen LogP contribution < -0.4 is 0 Å². The van der Waals surface area contributed by atoms with Gasteiger partial charge in [0.25, 0.3) is 5.91 Å². The molecule has 1 aliphatic heterocycles. The zero-order valence-electron chi connectivity index (χ0n) is 11.9. The number of carbonyl (C=O) groups is 2. The smallest absolute Gasteiger partial charge is 0.307 e. The lowest BCUT2D eigenvalue weighted by atomic mass is 10.2. The molecule has 0 radical (unpaired) electrons. The molecule has 1 amide bonds. The van der Waals surface area contributed by atoms with Crippen molar-refractivity contribution in [2.24, 2.45) is 0 Å². The van der Waals surface area contributed by atoms with E-state index in [0.717, 1.165) is 6.42 Å². The first-order valence-electron chi connectivity index (χ1n) is 6.85. The normalized spacial score (nSPS) is 18.0. The third kappa shape index (κ3) is 5.85. The molecule has 0 saturated carbocycles. The van der Waals surface area contributed by atoms with Crippen molar-refractivity contribution in [1.29, 1.82) is 0 Å². The molecule has 1 atom stereocenters. The molecule has 1 saturated heterocycles. The Bertz CT molecular complexity index is 303. The summed E-state index contributed by atoms with van der Waals surface area (Å²) in [5, 5.41) is 8.63. The minimum absolute atomic E-state index is 0.0537. The quantitative estimate of drug-likeness (QED) is 0.458. The van der Waals surface area contributed by atoms with Crippen molar-refractivity contribution < 1.29 is 28.9 Å². The van der Waals surface area contributed by atoms with Crippen LogP contribution in [0.25, 0.3) is 0 Å². The van der Waals surface area contributed by atoms with E-state index in [1.165, 1.54) is 7.11 Å². The van der Waals surface area contributed by atoms with E-state index in [2.05, 4.69) is 4.74 Å².